The standard InChI is InChI=1S/C11H18N2OS/c1-8(9-5-6-15-7-9)13-10(14)11(2,3)12-4/h5-8,12H,1-4H3,(H,13,14). The van der Waals surface area contributed by atoms with Crippen LogP contribution in [0.3, 0.4) is 0 Å². The lowest BCUT2D eigenvalue weighted by Gasteiger charge is -2.25. The molecule has 0 saturated carbocycles. The Morgan fingerprint density at radius 2 is 2.20 bits per heavy atom. The van der Waals surface area contributed by atoms with Gasteiger partial charge in [0.15, 0.2) is 0 Å². The number of carbonyl (C=O) groups is 1. The molecule has 0 fully saturated rings. The Balaban J connectivity index is 2.60. The van der Waals surface area contributed by atoms with E-state index in [1.54, 1.807) is 18.4 Å². The SMILES string of the molecule is CNC(C)(C)C(=O)NC(C)c1ccsc1. The second kappa shape index (κ2) is 4.77. The molecule has 1 rings (SSSR count). The molecule has 0 aliphatic rings. The summed E-state index contributed by atoms with van der Waals surface area (Å²) in [5.41, 5.74) is 0.629. The minimum absolute atomic E-state index is 0.0173. The van der Waals surface area contributed by atoms with Crippen LogP contribution in [0.4, 0.5) is 0 Å². The van der Waals surface area contributed by atoms with Crippen molar-refractivity contribution < 1.29 is 4.79 Å². The molecule has 0 saturated heterocycles. The summed E-state index contributed by atoms with van der Waals surface area (Å²) in [4.78, 5) is 11.8. The highest BCUT2D eigenvalue weighted by Crippen LogP contribution is 2.16. The van der Waals surface area contributed by atoms with Crippen molar-refractivity contribution in [1.29, 1.82) is 0 Å². The predicted molar refractivity (Wildman–Crippen MR) is 64.0 cm³/mol. The molecule has 1 unspecified atom stereocenters. The van der Waals surface area contributed by atoms with Gasteiger partial charge in [0.05, 0.1) is 11.6 Å². The Labute approximate surface area is 94.9 Å². The van der Waals surface area contributed by atoms with Crippen LogP contribution >= 0.6 is 11.3 Å². The summed E-state index contributed by atoms with van der Waals surface area (Å²) in [6, 6.07) is 2.10. The molecule has 0 spiro atoms. The van der Waals surface area contributed by atoms with Crippen molar-refractivity contribution in [3.8, 4) is 0 Å². The van der Waals surface area contributed by atoms with E-state index in [2.05, 4.69) is 16.0 Å². The van der Waals surface area contributed by atoms with Crippen molar-refractivity contribution in [1.82, 2.24) is 10.6 Å². The maximum Gasteiger partial charge on any atom is 0.240 e. The molecule has 84 valence electrons. The van der Waals surface area contributed by atoms with Gasteiger partial charge in [-0.1, -0.05) is 0 Å². The van der Waals surface area contributed by atoms with Crippen LogP contribution in [-0.4, -0.2) is 18.5 Å². The summed E-state index contributed by atoms with van der Waals surface area (Å²) < 4.78 is 0. The Morgan fingerprint density at radius 1 is 1.53 bits per heavy atom. The van der Waals surface area contributed by atoms with E-state index in [1.807, 2.05) is 32.2 Å². The smallest absolute Gasteiger partial charge is 0.240 e. The minimum Gasteiger partial charge on any atom is -0.348 e. The summed E-state index contributed by atoms with van der Waals surface area (Å²) in [5, 5.41) is 10.0. The number of likely N-dealkylation sites (N-methyl/N-ethyl adjacent to an activating group) is 1. The summed E-state index contributed by atoms with van der Waals surface area (Å²) in [6.45, 7) is 5.72. The van der Waals surface area contributed by atoms with E-state index in [0.29, 0.717) is 0 Å². The summed E-state index contributed by atoms with van der Waals surface area (Å²) in [5.74, 6) is 0.0173. The molecule has 0 radical (unpaired) electrons. The molecular formula is C11H18N2OS. The average Bonchev–Trinajstić information content (AvgIpc) is 2.70. The molecule has 15 heavy (non-hydrogen) atoms. The zero-order valence-electron chi connectivity index (χ0n) is 9.63. The molecule has 3 nitrogen and oxygen atoms in total. The number of hydrogen-bond donors (Lipinski definition) is 2. The quantitative estimate of drug-likeness (QED) is 0.823. The van der Waals surface area contributed by atoms with Gasteiger partial charge in [0.1, 0.15) is 0 Å². The molecule has 1 aromatic rings. The summed E-state index contributed by atoms with van der Waals surface area (Å²) in [7, 11) is 1.79. The fourth-order valence-corrected chi connectivity index (χ4v) is 1.85. The second-order valence-electron chi connectivity index (χ2n) is 4.13. The first-order valence-corrected chi connectivity index (χ1v) is 5.93. The number of hydrogen-bond acceptors (Lipinski definition) is 3. The zero-order valence-corrected chi connectivity index (χ0v) is 10.4. The van der Waals surface area contributed by atoms with Crippen LogP contribution in [0.2, 0.25) is 0 Å². The summed E-state index contributed by atoms with van der Waals surface area (Å²) >= 11 is 1.64. The molecule has 0 aliphatic carbocycles. The normalized spacial score (nSPS) is 13.6. The molecule has 1 aromatic heterocycles. The number of amides is 1. The van der Waals surface area contributed by atoms with E-state index >= 15 is 0 Å². The van der Waals surface area contributed by atoms with Gasteiger partial charge in [0.25, 0.3) is 0 Å². The van der Waals surface area contributed by atoms with Crippen LogP contribution in [0.25, 0.3) is 0 Å². The van der Waals surface area contributed by atoms with Crippen LogP contribution in [0, 0.1) is 0 Å². The molecule has 1 atom stereocenters. The Hall–Kier alpha value is -0.870. The van der Waals surface area contributed by atoms with Gasteiger partial charge in [0.2, 0.25) is 5.91 Å². The van der Waals surface area contributed by atoms with Crippen LogP contribution < -0.4 is 10.6 Å². The minimum atomic E-state index is -0.524. The fraction of sp³-hybridized carbons (Fsp3) is 0.545. The van der Waals surface area contributed by atoms with E-state index in [4.69, 9.17) is 0 Å². The topological polar surface area (TPSA) is 41.1 Å². The number of nitrogens with one attached hydrogen (secondary N) is 2. The molecule has 4 heteroatoms. The van der Waals surface area contributed by atoms with Crippen LogP contribution in [0.1, 0.15) is 32.4 Å². The van der Waals surface area contributed by atoms with Gasteiger partial charge in [-0.25, -0.2) is 0 Å². The molecule has 2 N–H and O–H groups in total. The molecular weight excluding hydrogens is 208 g/mol. The largest absolute Gasteiger partial charge is 0.348 e. The molecule has 1 heterocycles. The first kappa shape index (κ1) is 12.2. The van der Waals surface area contributed by atoms with Crippen molar-refractivity contribution in [3.63, 3.8) is 0 Å². The van der Waals surface area contributed by atoms with Gasteiger partial charge in [-0.05, 0) is 50.2 Å². The maximum atomic E-state index is 11.8. The van der Waals surface area contributed by atoms with Gasteiger partial charge < -0.3 is 10.6 Å². The van der Waals surface area contributed by atoms with Gasteiger partial charge in [-0.15, -0.1) is 0 Å². The van der Waals surface area contributed by atoms with Crippen molar-refractivity contribution in [2.75, 3.05) is 7.05 Å². The highest BCUT2D eigenvalue weighted by Gasteiger charge is 2.26. The highest BCUT2D eigenvalue weighted by molar-refractivity contribution is 7.07. The molecule has 0 aliphatic heterocycles. The third kappa shape index (κ3) is 3.04. The lowest BCUT2D eigenvalue weighted by Crippen LogP contribution is -2.51. The van der Waals surface area contributed by atoms with E-state index in [-0.39, 0.29) is 11.9 Å². The monoisotopic (exact) mass is 226 g/mol. The first-order chi connectivity index (χ1) is 6.97. The lowest BCUT2D eigenvalue weighted by molar-refractivity contribution is -0.126. The van der Waals surface area contributed by atoms with E-state index in [9.17, 15) is 4.79 Å². The Bertz CT molecular complexity index is 319. The Morgan fingerprint density at radius 3 is 2.67 bits per heavy atom. The van der Waals surface area contributed by atoms with E-state index in [1.165, 1.54) is 0 Å². The summed E-state index contributed by atoms with van der Waals surface area (Å²) in [6.07, 6.45) is 0. The number of carbonyl (C=O) groups excluding carboxylic acids is 1. The maximum absolute atomic E-state index is 11.8. The van der Waals surface area contributed by atoms with E-state index in [0.717, 1.165) is 5.56 Å². The molecule has 1 amide bonds. The lowest BCUT2D eigenvalue weighted by atomic mass is 10.0. The van der Waals surface area contributed by atoms with Crippen molar-refractivity contribution in [3.05, 3.63) is 22.4 Å². The van der Waals surface area contributed by atoms with Gasteiger partial charge in [-0.2, -0.15) is 11.3 Å². The number of thiophene rings is 1. The average molecular weight is 226 g/mol. The van der Waals surface area contributed by atoms with Gasteiger partial charge >= 0.3 is 0 Å². The third-order valence-electron chi connectivity index (χ3n) is 2.58. The van der Waals surface area contributed by atoms with Crippen molar-refractivity contribution >= 4 is 17.2 Å². The second-order valence-corrected chi connectivity index (χ2v) is 4.91. The molecule has 0 aromatic carbocycles. The van der Waals surface area contributed by atoms with Crippen LogP contribution in [0.5, 0.6) is 0 Å². The fourth-order valence-electron chi connectivity index (χ4n) is 1.10. The third-order valence-corrected chi connectivity index (χ3v) is 3.28. The first-order valence-electron chi connectivity index (χ1n) is 4.99. The van der Waals surface area contributed by atoms with Crippen molar-refractivity contribution in [2.24, 2.45) is 0 Å². The van der Waals surface area contributed by atoms with Crippen LogP contribution in [-0.2, 0) is 4.79 Å². The predicted octanol–water partition coefficient (Wildman–Crippen LogP) is 1.92. The van der Waals surface area contributed by atoms with Gasteiger partial charge in [0, 0.05) is 0 Å². The number of rotatable bonds is 4. The van der Waals surface area contributed by atoms with Crippen LogP contribution in [0.15, 0.2) is 16.8 Å². The Kier molecular flexibility index (Phi) is 3.88. The molecule has 0 bridgehead atoms. The zero-order chi connectivity index (χ0) is 11.5. The van der Waals surface area contributed by atoms with Gasteiger partial charge in [-0.3, -0.25) is 4.79 Å². The van der Waals surface area contributed by atoms with Crippen molar-refractivity contribution in [2.45, 2.75) is 32.4 Å². The van der Waals surface area contributed by atoms with E-state index < -0.39 is 5.54 Å². The highest BCUT2D eigenvalue weighted by atomic mass is 32.1.